The summed E-state index contributed by atoms with van der Waals surface area (Å²) in [6, 6.07) is 21.7. The number of fused-ring (bicyclic) bond motifs is 3. The van der Waals surface area contributed by atoms with E-state index < -0.39 is 21.3 Å². The van der Waals surface area contributed by atoms with E-state index in [-0.39, 0.29) is 35.6 Å². The summed E-state index contributed by atoms with van der Waals surface area (Å²) in [5.74, 6) is 0. The summed E-state index contributed by atoms with van der Waals surface area (Å²) in [4.78, 5) is 0. The van der Waals surface area contributed by atoms with Crippen LogP contribution < -0.4 is 28.1 Å². The van der Waals surface area contributed by atoms with Gasteiger partial charge in [0.05, 0.1) is 0 Å². The predicted molar refractivity (Wildman–Crippen MR) is 155 cm³/mol. The first-order valence-corrected chi connectivity index (χ1v) is 17.1. The number of allylic oxidation sites excluding steroid dienone is 4. The molecule has 0 heterocycles. The molecule has 0 nitrogen and oxygen atoms in total. The minimum Gasteiger partial charge on any atom is -1.00 e. The molecule has 0 spiro atoms. The van der Waals surface area contributed by atoms with Crippen molar-refractivity contribution < 1.29 is 46.1 Å². The Bertz CT molecular complexity index is 1440. The van der Waals surface area contributed by atoms with Crippen LogP contribution in [0.4, 0.5) is 0 Å². The van der Waals surface area contributed by atoms with Crippen LogP contribution in [0.25, 0.3) is 11.1 Å². The maximum absolute atomic E-state index is 2.63. The molecule has 38 heavy (non-hydrogen) atoms. The van der Waals surface area contributed by atoms with Gasteiger partial charge < -0.3 is 24.8 Å². The van der Waals surface area contributed by atoms with Crippen LogP contribution in [0.5, 0.6) is 0 Å². The summed E-state index contributed by atoms with van der Waals surface area (Å²) < 4.78 is 5.04. The van der Waals surface area contributed by atoms with Crippen LogP contribution in [0.3, 0.4) is 0 Å². The molecule has 2 aliphatic rings. The van der Waals surface area contributed by atoms with E-state index in [1.165, 1.54) is 38.9 Å². The van der Waals surface area contributed by atoms with Crippen molar-refractivity contribution in [3.05, 3.63) is 109 Å². The van der Waals surface area contributed by atoms with Crippen LogP contribution in [0.2, 0.25) is 0 Å². The Morgan fingerprint density at radius 2 is 1.39 bits per heavy atom. The quantitative estimate of drug-likeness (QED) is 0.330. The molecule has 0 unspecified atom stereocenters. The zero-order valence-electron chi connectivity index (χ0n) is 24.1. The molecule has 0 aliphatic heterocycles. The summed E-state index contributed by atoms with van der Waals surface area (Å²) in [7, 11) is 0. The molecule has 0 N–H and O–H groups in total. The van der Waals surface area contributed by atoms with Gasteiger partial charge in [-0.15, -0.1) is 0 Å². The SMILES string of the molecule is C/[C](c1ccc(C)cc1)=[Zr+2](\[C]1=CC=CC1)[c]1cc(C(C)(C)C)cc2c1Cc1ccc(C(C)(C)C)cc1-2.[Cl-].[Cl-]. The molecule has 2 aliphatic carbocycles. The van der Waals surface area contributed by atoms with Crippen molar-refractivity contribution in [2.24, 2.45) is 0 Å². The number of rotatable bonds is 3. The van der Waals surface area contributed by atoms with Crippen LogP contribution >= 0.6 is 0 Å². The Morgan fingerprint density at radius 3 is 1.97 bits per heavy atom. The van der Waals surface area contributed by atoms with E-state index in [1.807, 2.05) is 0 Å². The topological polar surface area (TPSA) is 0 Å². The molecule has 0 atom stereocenters. The van der Waals surface area contributed by atoms with E-state index in [0.29, 0.717) is 0 Å². The molecule has 3 aromatic carbocycles. The number of halogens is 2. The number of hydrogen-bond donors (Lipinski definition) is 0. The Kier molecular flexibility index (Phi) is 9.41. The van der Waals surface area contributed by atoms with Crippen LogP contribution in [-0.4, -0.2) is 3.21 Å². The van der Waals surface area contributed by atoms with Gasteiger partial charge in [0.1, 0.15) is 0 Å². The number of aryl methyl sites for hydroxylation is 1. The molecule has 0 fully saturated rings. The fourth-order valence-electron chi connectivity index (χ4n) is 5.59. The van der Waals surface area contributed by atoms with E-state index in [9.17, 15) is 0 Å². The molecule has 0 saturated heterocycles. The molecule has 3 heteroatoms. The Labute approximate surface area is 250 Å². The third kappa shape index (κ3) is 5.96. The van der Waals surface area contributed by atoms with Gasteiger partial charge in [-0.25, -0.2) is 0 Å². The van der Waals surface area contributed by atoms with Crippen molar-refractivity contribution >= 4 is 6.48 Å². The van der Waals surface area contributed by atoms with Gasteiger partial charge >= 0.3 is 227 Å². The van der Waals surface area contributed by atoms with Crippen molar-refractivity contribution in [1.82, 2.24) is 0 Å². The van der Waals surface area contributed by atoms with E-state index in [1.54, 1.807) is 15.3 Å². The zero-order chi connectivity index (χ0) is 25.8. The van der Waals surface area contributed by atoms with Crippen LogP contribution in [0, 0.1) is 6.92 Å². The van der Waals surface area contributed by atoms with Crippen LogP contribution in [-0.2, 0) is 38.5 Å². The summed E-state index contributed by atoms with van der Waals surface area (Å²) >= 11 is -2.37. The zero-order valence-corrected chi connectivity index (χ0v) is 28.1. The fraction of sp³-hybridized carbons (Fsp3) is 0.343. The average molecular weight is 623 g/mol. The van der Waals surface area contributed by atoms with Crippen molar-refractivity contribution in [1.29, 1.82) is 0 Å². The maximum Gasteiger partial charge on any atom is -1.00 e. The van der Waals surface area contributed by atoms with Gasteiger partial charge in [-0.05, 0) is 0 Å². The molecule has 0 saturated carbocycles. The normalized spacial score (nSPS) is 14.2. The van der Waals surface area contributed by atoms with Gasteiger partial charge in [0.25, 0.3) is 0 Å². The van der Waals surface area contributed by atoms with Gasteiger partial charge in [-0.1, -0.05) is 0 Å². The largest absolute Gasteiger partial charge is 1.00 e. The molecule has 0 aromatic heterocycles. The molecular weight excluding hydrogens is 583 g/mol. The predicted octanol–water partition coefficient (Wildman–Crippen LogP) is 2.50. The second kappa shape index (κ2) is 11.5. The Morgan fingerprint density at radius 1 is 0.763 bits per heavy atom. The smallest absolute Gasteiger partial charge is 1.00 e. The minimum absolute atomic E-state index is 0. The molecule has 0 bridgehead atoms. The third-order valence-corrected chi connectivity index (χ3v) is 15.4. The van der Waals surface area contributed by atoms with Gasteiger partial charge in [0, 0.05) is 0 Å². The van der Waals surface area contributed by atoms with Crippen molar-refractivity contribution in [3.63, 3.8) is 0 Å². The Balaban J connectivity index is 0.00000200. The molecule has 0 radical (unpaired) electrons. The first kappa shape index (κ1) is 31.0. The standard InChI is InChI=1S/C21H25.C9H10.C5H5.2ClH.Zr/c1-20(2,3)16-9-7-14-11-15-8-10-17(21(4,5)6)13-19(15)18(14)12-16;1-3-9-6-4-8(2)5-7-9;1-2-4-5-3-1;;;/h7,9-10,12-13H,11H2,1-6H3;4-7H,1-2H3;1-3H,4H2;2*1H;/q;;;;;+2/p-2. The minimum atomic E-state index is -2.37. The van der Waals surface area contributed by atoms with E-state index in [4.69, 9.17) is 0 Å². The second-order valence-corrected chi connectivity index (χ2v) is 19.4. The van der Waals surface area contributed by atoms with E-state index in [0.717, 1.165) is 12.8 Å². The first-order valence-electron chi connectivity index (χ1n) is 13.4. The molecule has 3 aromatic rings. The second-order valence-electron chi connectivity index (χ2n) is 12.8. The van der Waals surface area contributed by atoms with Crippen LogP contribution in [0.1, 0.15) is 88.3 Å². The monoisotopic (exact) mass is 620 g/mol. The van der Waals surface area contributed by atoms with Crippen molar-refractivity contribution in [3.8, 4) is 11.1 Å². The summed E-state index contributed by atoms with van der Waals surface area (Å²) in [5, 5.41) is 0. The van der Waals surface area contributed by atoms with Crippen molar-refractivity contribution in [2.45, 2.75) is 79.1 Å². The van der Waals surface area contributed by atoms with Crippen LogP contribution in [0.15, 0.2) is 76.1 Å². The maximum atomic E-state index is 2.63. The van der Waals surface area contributed by atoms with E-state index >= 15 is 0 Å². The summed E-state index contributed by atoms with van der Waals surface area (Å²) in [6.45, 7) is 18.7. The fourth-order valence-corrected chi connectivity index (χ4v) is 13.2. The van der Waals surface area contributed by atoms with Gasteiger partial charge in [0.15, 0.2) is 0 Å². The first-order chi connectivity index (χ1) is 16.9. The molecule has 5 rings (SSSR count). The molecular formula is C35H40Cl2Zr. The van der Waals surface area contributed by atoms with E-state index in [2.05, 4.69) is 128 Å². The van der Waals surface area contributed by atoms with Crippen molar-refractivity contribution in [2.75, 3.05) is 0 Å². The van der Waals surface area contributed by atoms with Gasteiger partial charge in [0.2, 0.25) is 0 Å². The molecule has 198 valence electrons. The number of hydrogen-bond acceptors (Lipinski definition) is 0. The average Bonchev–Trinajstić information content (AvgIpc) is 3.46. The molecule has 0 amide bonds. The van der Waals surface area contributed by atoms with Gasteiger partial charge in [-0.3, -0.25) is 0 Å². The summed E-state index contributed by atoms with van der Waals surface area (Å²) in [5.41, 5.74) is 12.0. The number of benzene rings is 3. The van der Waals surface area contributed by atoms with Gasteiger partial charge in [-0.2, -0.15) is 0 Å². The summed E-state index contributed by atoms with van der Waals surface area (Å²) in [6.07, 6.45) is 9.28. The Hall–Kier alpha value is -1.53. The third-order valence-electron chi connectivity index (χ3n) is 7.97.